The molecule has 0 bridgehead atoms. The minimum absolute atomic E-state index is 0.261. The number of amides is 1. The molecule has 8 heteroatoms. The van der Waals surface area contributed by atoms with Crippen LogP contribution in [0.5, 0.6) is 0 Å². The van der Waals surface area contributed by atoms with Gasteiger partial charge in [-0.25, -0.2) is 13.4 Å². The maximum absolute atomic E-state index is 13.2. The molecule has 27 heavy (non-hydrogen) atoms. The van der Waals surface area contributed by atoms with Crippen molar-refractivity contribution in [2.75, 3.05) is 6.54 Å². The number of hydrogen-bond acceptors (Lipinski definition) is 5. The number of aromatic nitrogens is 1. The third kappa shape index (κ3) is 4.07. The molecule has 0 unspecified atom stereocenters. The van der Waals surface area contributed by atoms with Gasteiger partial charge in [0.05, 0.1) is 22.1 Å². The van der Waals surface area contributed by atoms with E-state index in [1.54, 1.807) is 13.0 Å². The Kier molecular flexibility index (Phi) is 5.69. The summed E-state index contributed by atoms with van der Waals surface area (Å²) in [5, 5.41) is 5.68. The van der Waals surface area contributed by atoms with Crippen LogP contribution in [-0.2, 0) is 21.4 Å². The monoisotopic (exact) mass is 407 g/mol. The maximum Gasteiger partial charge on any atom is 0.244 e. The Balaban J connectivity index is 1.80. The molecule has 6 nitrogen and oxygen atoms in total. The molecule has 1 fully saturated rings. The summed E-state index contributed by atoms with van der Waals surface area (Å²) in [7, 11) is -3.72. The molecule has 1 atom stereocenters. The van der Waals surface area contributed by atoms with E-state index in [0.29, 0.717) is 36.4 Å². The molecule has 1 saturated heterocycles. The van der Waals surface area contributed by atoms with Gasteiger partial charge < -0.3 is 5.32 Å². The van der Waals surface area contributed by atoms with Gasteiger partial charge in [-0.3, -0.25) is 4.79 Å². The number of nitrogens with one attached hydrogen (secondary N) is 1. The summed E-state index contributed by atoms with van der Waals surface area (Å²) in [6.07, 6.45) is 1.21. The summed E-state index contributed by atoms with van der Waals surface area (Å²) in [6.45, 7) is 8.25. The topological polar surface area (TPSA) is 79.4 Å². The van der Waals surface area contributed by atoms with Crippen molar-refractivity contribution in [1.82, 2.24) is 14.6 Å². The van der Waals surface area contributed by atoms with E-state index in [9.17, 15) is 13.2 Å². The van der Waals surface area contributed by atoms with E-state index in [1.165, 1.54) is 15.6 Å². The molecule has 0 radical (unpaired) electrons. The van der Waals surface area contributed by atoms with Gasteiger partial charge in [0.25, 0.3) is 0 Å². The van der Waals surface area contributed by atoms with E-state index >= 15 is 0 Å². The quantitative estimate of drug-likeness (QED) is 0.827. The first-order valence-corrected chi connectivity index (χ1v) is 11.3. The van der Waals surface area contributed by atoms with Crippen LogP contribution in [0, 0.1) is 27.7 Å². The first-order chi connectivity index (χ1) is 12.7. The van der Waals surface area contributed by atoms with Gasteiger partial charge in [0.2, 0.25) is 15.9 Å². The molecule has 1 aliphatic rings. The van der Waals surface area contributed by atoms with Gasteiger partial charge in [0.15, 0.2) is 0 Å². The van der Waals surface area contributed by atoms with Crippen LogP contribution in [-0.4, -0.2) is 36.2 Å². The van der Waals surface area contributed by atoms with Gasteiger partial charge in [0, 0.05) is 11.9 Å². The van der Waals surface area contributed by atoms with Gasteiger partial charge in [-0.1, -0.05) is 6.07 Å². The minimum Gasteiger partial charge on any atom is -0.349 e. The molecule has 1 aromatic carbocycles. The molecular weight excluding hydrogens is 382 g/mol. The predicted octanol–water partition coefficient (Wildman–Crippen LogP) is 2.85. The Morgan fingerprint density at radius 3 is 2.59 bits per heavy atom. The SMILES string of the molecule is Cc1nc(CNC(=O)[C@H]2CCCN2S(=O)(=O)c2cc(C)c(C)cc2C)cs1. The number of carbonyl (C=O) groups excluding carboxylic acids is 1. The molecule has 1 aliphatic heterocycles. The lowest BCUT2D eigenvalue weighted by Crippen LogP contribution is -2.45. The third-order valence-electron chi connectivity index (χ3n) is 4.99. The van der Waals surface area contributed by atoms with Gasteiger partial charge in [-0.2, -0.15) is 4.31 Å². The third-order valence-corrected chi connectivity index (χ3v) is 7.87. The highest BCUT2D eigenvalue weighted by molar-refractivity contribution is 7.89. The van der Waals surface area contributed by atoms with Crippen LogP contribution in [0.4, 0.5) is 0 Å². The summed E-state index contributed by atoms with van der Waals surface area (Å²) in [6, 6.07) is 2.93. The first-order valence-electron chi connectivity index (χ1n) is 8.98. The fourth-order valence-electron chi connectivity index (χ4n) is 3.41. The van der Waals surface area contributed by atoms with Crippen molar-refractivity contribution in [3.63, 3.8) is 0 Å². The van der Waals surface area contributed by atoms with Crippen LogP contribution in [0.1, 0.15) is 40.2 Å². The van der Waals surface area contributed by atoms with Gasteiger partial charge in [-0.05, 0) is 63.3 Å². The van der Waals surface area contributed by atoms with Crippen LogP contribution < -0.4 is 5.32 Å². The highest BCUT2D eigenvalue weighted by atomic mass is 32.2. The molecule has 0 spiro atoms. The van der Waals surface area contributed by atoms with Crippen molar-refractivity contribution in [3.05, 3.63) is 44.9 Å². The molecule has 0 aliphatic carbocycles. The number of sulfonamides is 1. The number of thiazole rings is 1. The molecule has 2 heterocycles. The Hall–Kier alpha value is -1.77. The largest absolute Gasteiger partial charge is 0.349 e. The first kappa shape index (κ1) is 20.0. The van der Waals surface area contributed by atoms with Crippen molar-refractivity contribution >= 4 is 27.3 Å². The van der Waals surface area contributed by atoms with Gasteiger partial charge in [0.1, 0.15) is 6.04 Å². The van der Waals surface area contributed by atoms with E-state index in [-0.39, 0.29) is 5.91 Å². The highest BCUT2D eigenvalue weighted by Crippen LogP contribution is 2.29. The Bertz CT molecular complexity index is 967. The number of benzene rings is 1. The zero-order chi connectivity index (χ0) is 19.8. The fourth-order valence-corrected chi connectivity index (χ4v) is 5.98. The highest BCUT2D eigenvalue weighted by Gasteiger charge is 2.40. The lowest BCUT2D eigenvalue weighted by atomic mass is 10.1. The predicted molar refractivity (Wildman–Crippen MR) is 106 cm³/mol. The summed E-state index contributed by atoms with van der Waals surface area (Å²) < 4.78 is 27.8. The van der Waals surface area contributed by atoms with Crippen LogP contribution in [0.25, 0.3) is 0 Å². The fraction of sp³-hybridized carbons (Fsp3) is 0.474. The Morgan fingerprint density at radius 1 is 1.22 bits per heavy atom. The van der Waals surface area contributed by atoms with Crippen LogP contribution in [0.2, 0.25) is 0 Å². The summed E-state index contributed by atoms with van der Waals surface area (Å²) >= 11 is 1.53. The van der Waals surface area contributed by atoms with Crippen LogP contribution >= 0.6 is 11.3 Å². The van der Waals surface area contributed by atoms with Crippen LogP contribution in [0.3, 0.4) is 0 Å². The number of carbonyl (C=O) groups is 1. The molecule has 1 N–H and O–H groups in total. The normalized spacial score (nSPS) is 18.0. The average Bonchev–Trinajstić information content (AvgIpc) is 3.25. The number of hydrogen-bond donors (Lipinski definition) is 1. The van der Waals surface area contributed by atoms with Crippen molar-refractivity contribution in [1.29, 1.82) is 0 Å². The lowest BCUT2D eigenvalue weighted by molar-refractivity contribution is -0.124. The Morgan fingerprint density at radius 2 is 1.93 bits per heavy atom. The second-order valence-corrected chi connectivity index (χ2v) is 9.97. The standard InChI is InChI=1S/C19H25N3O3S2/c1-12-8-14(3)18(9-13(12)2)27(24,25)22-7-5-6-17(22)19(23)20-10-16-11-26-15(4)21-16/h8-9,11,17H,5-7,10H2,1-4H3,(H,20,23)/t17-/m1/s1. The van der Waals surface area contributed by atoms with Crippen molar-refractivity contribution in [2.24, 2.45) is 0 Å². The Labute approximate surface area is 164 Å². The molecule has 2 aromatic rings. The molecule has 146 valence electrons. The molecule has 0 saturated carbocycles. The zero-order valence-electron chi connectivity index (χ0n) is 16.1. The molecular formula is C19H25N3O3S2. The van der Waals surface area contributed by atoms with E-state index in [4.69, 9.17) is 0 Å². The molecule has 1 amide bonds. The zero-order valence-corrected chi connectivity index (χ0v) is 17.7. The van der Waals surface area contributed by atoms with Crippen molar-refractivity contribution in [2.45, 2.75) is 58.0 Å². The van der Waals surface area contributed by atoms with Gasteiger partial charge >= 0.3 is 0 Å². The van der Waals surface area contributed by atoms with E-state index in [0.717, 1.165) is 21.8 Å². The second kappa shape index (κ2) is 7.69. The number of nitrogens with zero attached hydrogens (tertiary/aromatic N) is 2. The van der Waals surface area contributed by atoms with E-state index < -0.39 is 16.1 Å². The summed E-state index contributed by atoms with van der Waals surface area (Å²) in [5.74, 6) is -0.261. The number of aryl methyl sites for hydroxylation is 4. The molecule has 3 rings (SSSR count). The summed E-state index contributed by atoms with van der Waals surface area (Å²) in [5.41, 5.74) is 3.49. The van der Waals surface area contributed by atoms with Gasteiger partial charge in [-0.15, -0.1) is 11.3 Å². The number of rotatable bonds is 5. The molecule has 1 aromatic heterocycles. The van der Waals surface area contributed by atoms with Crippen molar-refractivity contribution < 1.29 is 13.2 Å². The maximum atomic E-state index is 13.2. The summed E-state index contributed by atoms with van der Waals surface area (Å²) in [4.78, 5) is 17.3. The second-order valence-electron chi connectivity index (χ2n) is 7.05. The van der Waals surface area contributed by atoms with E-state index in [2.05, 4.69) is 10.3 Å². The van der Waals surface area contributed by atoms with Crippen LogP contribution in [0.15, 0.2) is 22.4 Å². The minimum atomic E-state index is -3.72. The van der Waals surface area contributed by atoms with Crippen molar-refractivity contribution in [3.8, 4) is 0 Å². The van der Waals surface area contributed by atoms with E-state index in [1.807, 2.05) is 32.2 Å². The smallest absolute Gasteiger partial charge is 0.244 e. The lowest BCUT2D eigenvalue weighted by Gasteiger charge is -2.24. The average molecular weight is 408 g/mol.